The second-order valence-corrected chi connectivity index (χ2v) is 8.88. The van der Waals surface area contributed by atoms with Crippen LogP contribution in [0.3, 0.4) is 0 Å². The van der Waals surface area contributed by atoms with Crippen LogP contribution >= 0.6 is 0 Å². The van der Waals surface area contributed by atoms with Crippen molar-refractivity contribution in [3.63, 3.8) is 0 Å². The molecular weight excluding hydrogens is 444 g/mol. The Morgan fingerprint density at radius 1 is 0.882 bits per heavy atom. The summed E-state index contributed by atoms with van der Waals surface area (Å²) in [7, 11) is 0. The van der Waals surface area contributed by atoms with Gasteiger partial charge in [-0.25, -0.2) is 13.2 Å². The van der Waals surface area contributed by atoms with Crippen molar-refractivity contribution >= 4 is 6.04 Å². The minimum Gasteiger partial charge on any atom is -0.373 e. The van der Waals surface area contributed by atoms with Crippen molar-refractivity contribution in [1.29, 1.82) is 0 Å². The molecule has 1 aliphatic rings. The Labute approximate surface area is 197 Å². The normalized spacial score (nSPS) is 17.6. The van der Waals surface area contributed by atoms with Crippen molar-refractivity contribution in [3.05, 3.63) is 93.8 Å². The van der Waals surface area contributed by atoms with E-state index in [1.165, 1.54) is 42.2 Å². The van der Waals surface area contributed by atoms with E-state index < -0.39 is 23.5 Å². The molecule has 0 radical (unpaired) electrons. The van der Waals surface area contributed by atoms with Crippen LogP contribution in [0.5, 0.6) is 0 Å². The molecule has 1 aliphatic heterocycles. The van der Waals surface area contributed by atoms with Crippen molar-refractivity contribution in [3.8, 4) is 11.1 Å². The molecule has 0 amide bonds. The average Bonchev–Trinajstić information content (AvgIpc) is 2.78. The molecule has 1 saturated heterocycles. The van der Waals surface area contributed by atoms with Crippen LogP contribution in [-0.2, 0) is 4.74 Å². The van der Waals surface area contributed by atoms with Gasteiger partial charge in [-0.2, -0.15) is 4.39 Å². The molecule has 6 heteroatoms. The molecule has 4 rings (SSSR count). The lowest BCUT2D eigenvalue weighted by atomic mass is 9.89. The molecule has 0 saturated carbocycles. The number of aryl methyl sites for hydroxylation is 2. The minimum atomic E-state index is -1.39. The first-order valence-corrected chi connectivity index (χ1v) is 11.2. The summed E-state index contributed by atoms with van der Waals surface area (Å²) >= 11 is 0. The number of halogens is 4. The third-order valence-corrected chi connectivity index (χ3v) is 6.08. The molecule has 0 bridgehead atoms. The van der Waals surface area contributed by atoms with Gasteiger partial charge < -0.3 is 4.74 Å². The molecule has 0 N–H and O–H groups in total. The summed E-state index contributed by atoms with van der Waals surface area (Å²) in [5, 5.41) is 0. The number of carbonyl (C=O) groups excluding carboxylic acids is 1. The van der Waals surface area contributed by atoms with Crippen molar-refractivity contribution in [2.75, 3.05) is 6.61 Å². The van der Waals surface area contributed by atoms with Gasteiger partial charge in [0.05, 0.1) is 11.7 Å². The Morgan fingerprint density at radius 3 is 1.91 bits per heavy atom. The van der Waals surface area contributed by atoms with Crippen molar-refractivity contribution in [2.45, 2.75) is 46.6 Å². The second-order valence-electron chi connectivity index (χ2n) is 8.88. The first-order chi connectivity index (χ1) is 16.1. The van der Waals surface area contributed by atoms with E-state index in [1.54, 1.807) is 12.1 Å². The Morgan fingerprint density at radius 2 is 1.44 bits per heavy atom. The molecular formula is C28H28F4O2. The molecule has 180 valence electrons. The maximum atomic E-state index is 12.8. The summed E-state index contributed by atoms with van der Waals surface area (Å²) in [6.07, 6.45) is 2.44. The van der Waals surface area contributed by atoms with Gasteiger partial charge in [-0.3, -0.25) is 4.79 Å². The fraction of sp³-hybridized carbons (Fsp3) is 0.321. The van der Waals surface area contributed by atoms with Gasteiger partial charge in [0.2, 0.25) is 0 Å². The monoisotopic (exact) mass is 472 g/mol. The summed E-state index contributed by atoms with van der Waals surface area (Å²) in [6, 6.07) is 11.0. The Bertz CT molecular complexity index is 1120. The highest BCUT2D eigenvalue weighted by Crippen LogP contribution is 2.35. The highest BCUT2D eigenvalue weighted by atomic mass is 19.1. The van der Waals surface area contributed by atoms with Crippen LogP contribution in [0, 0.1) is 44.1 Å². The second kappa shape index (κ2) is 11.0. The summed E-state index contributed by atoms with van der Waals surface area (Å²) in [5.41, 5.74) is 5.66. The zero-order valence-electron chi connectivity index (χ0n) is 19.7. The molecule has 2 nitrogen and oxygen atoms in total. The van der Waals surface area contributed by atoms with Crippen LogP contribution < -0.4 is 0 Å². The van der Waals surface area contributed by atoms with E-state index in [0.717, 1.165) is 24.2 Å². The molecule has 2 atom stereocenters. The van der Waals surface area contributed by atoms with Gasteiger partial charge in [-0.15, -0.1) is 0 Å². The molecule has 0 aromatic heterocycles. The van der Waals surface area contributed by atoms with Crippen LogP contribution in [0.2, 0.25) is 0 Å². The highest BCUT2D eigenvalue weighted by Gasteiger charge is 2.21. The molecule has 1 heterocycles. The minimum absolute atomic E-state index is 0.0930. The molecule has 0 aliphatic carbocycles. The predicted molar refractivity (Wildman–Crippen MR) is 125 cm³/mol. The molecule has 2 unspecified atom stereocenters. The fourth-order valence-electron chi connectivity index (χ4n) is 4.17. The van der Waals surface area contributed by atoms with E-state index >= 15 is 0 Å². The van der Waals surface area contributed by atoms with E-state index in [9.17, 15) is 22.4 Å². The first-order valence-electron chi connectivity index (χ1n) is 11.2. The molecule has 34 heavy (non-hydrogen) atoms. The lowest BCUT2D eigenvalue weighted by Crippen LogP contribution is -2.18. The van der Waals surface area contributed by atoms with E-state index in [0.29, 0.717) is 18.1 Å². The number of ether oxygens (including phenoxy) is 1. The summed E-state index contributed by atoms with van der Waals surface area (Å²) in [5.74, 6) is -1.95. The van der Waals surface area contributed by atoms with Gasteiger partial charge in [-0.05, 0) is 79.5 Å². The Kier molecular flexibility index (Phi) is 8.26. The van der Waals surface area contributed by atoms with Crippen LogP contribution in [0.4, 0.5) is 17.6 Å². The zero-order chi connectivity index (χ0) is 25.0. The lowest BCUT2D eigenvalue weighted by Gasteiger charge is -2.28. The number of carbonyl (C=O) groups is 1. The zero-order valence-corrected chi connectivity index (χ0v) is 19.7. The smallest absolute Gasteiger partial charge is 0.332 e. The summed E-state index contributed by atoms with van der Waals surface area (Å²) in [4.78, 5) is 10.8. The number of hydrogen-bond donors (Lipinski definition) is 0. The lowest BCUT2D eigenvalue weighted by molar-refractivity contribution is -0.0124. The van der Waals surface area contributed by atoms with E-state index in [2.05, 4.69) is 32.9 Å². The number of hydrogen-bond acceptors (Lipinski definition) is 2. The molecule has 3 aromatic rings. The third-order valence-electron chi connectivity index (χ3n) is 6.08. The highest BCUT2D eigenvalue weighted by molar-refractivity contribution is 5.89. The summed E-state index contributed by atoms with van der Waals surface area (Å²) in [6.45, 7) is 8.48. The number of rotatable bonds is 3. The largest absolute Gasteiger partial charge is 0.373 e. The van der Waals surface area contributed by atoms with Crippen molar-refractivity contribution < 1.29 is 27.1 Å². The van der Waals surface area contributed by atoms with Crippen LogP contribution in [-0.4, -0.2) is 12.6 Å². The van der Waals surface area contributed by atoms with Crippen LogP contribution in [0.15, 0.2) is 48.5 Å². The Hall–Kier alpha value is -2.99. The quantitative estimate of drug-likeness (QED) is 0.285. The van der Waals surface area contributed by atoms with Crippen LogP contribution in [0.1, 0.15) is 58.5 Å². The molecule has 3 aromatic carbocycles. The van der Waals surface area contributed by atoms with Gasteiger partial charge in [0.15, 0.2) is 0 Å². The fourth-order valence-corrected chi connectivity index (χ4v) is 4.17. The summed E-state index contributed by atoms with van der Waals surface area (Å²) < 4.78 is 55.6. The van der Waals surface area contributed by atoms with E-state index in [4.69, 9.17) is 4.74 Å². The molecule has 0 spiro atoms. The maximum absolute atomic E-state index is 12.8. The van der Waals surface area contributed by atoms with Gasteiger partial charge in [0.1, 0.15) is 17.5 Å². The van der Waals surface area contributed by atoms with Crippen LogP contribution in [0.25, 0.3) is 11.1 Å². The predicted octanol–water partition coefficient (Wildman–Crippen LogP) is 7.98. The van der Waals surface area contributed by atoms with Gasteiger partial charge in [0, 0.05) is 24.3 Å². The van der Waals surface area contributed by atoms with Gasteiger partial charge >= 0.3 is 6.04 Å². The Balaban J connectivity index is 0.000000271. The van der Waals surface area contributed by atoms with E-state index in [1.807, 2.05) is 0 Å². The SMILES string of the molecule is Cc1c(F)cc(F)cc1F.Cc1cc(C2CCC(C)CO2)cc(C)c1-c1ccc(C(=O)F)cc1. The first kappa shape index (κ1) is 25.6. The standard InChI is InChI=1S/C21H23FO2.C7H5F3/c1-13-4-9-19(24-12-13)18-10-14(2)20(15(3)11-18)16-5-7-17(8-6-16)21(22)23;1-4-6(9)2-5(8)3-7(4)10/h5-8,10-11,13,19H,4,9,12H2,1-3H3;2-3H,1H3. The topological polar surface area (TPSA) is 26.3 Å². The van der Waals surface area contributed by atoms with Crippen molar-refractivity contribution in [2.24, 2.45) is 5.92 Å². The third kappa shape index (κ3) is 6.11. The average molecular weight is 473 g/mol. The van der Waals surface area contributed by atoms with Gasteiger partial charge in [0.25, 0.3) is 0 Å². The van der Waals surface area contributed by atoms with Crippen molar-refractivity contribution in [1.82, 2.24) is 0 Å². The number of benzene rings is 3. The molecule has 1 fully saturated rings. The van der Waals surface area contributed by atoms with Gasteiger partial charge in [-0.1, -0.05) is 31.2 Å². The maximum Gasteiger partial charge on any atom is 0.332 e. The van der Waals surface area contributed by atoms with E-state index in [-0.39, 0.29) is 17.2 Å².